The van der Waals surface area contributed by atoms with Crippen molar-refractivity contribution in [3.8, 4) is 34.2 Å². The van der Waals surface area contributed by atoms with Crippen molar-refractivity contribution in [2.24, 2.45) is 35.5 Å². The molecule has 8 bridgehead atoms. The van der Waals surface area contributed by atoms with Gasteiger partial charge >= 0.3 is 7.12 Å². The molecule has 0 N–H and O–H groups in total. The van der Waals surface area contributed by atoms with Gasteiger partial charge in [0.2, 0.25) is 0 Å². The molecule has 2 heterocycles. The van der Waals surface area contributed by atoms with E-state index in [1.807, 2.05) is 0 Å². The van der Waals surface area contributed by atoms with E-state index in [9.17, 15) is 0 Å². The van der Waals surface area contributed by atoms with E-state index in [1.165, 1.54) is 88.2 Å². The Kier molecular flexibility index (Phi) is 7.22. The minimum Gasteiger partial charge on any atom is -0.399 e. The van der Waals surface area contributed by atoms with E-state index in [1.54, 1.807) is 0 Å². The molecule has 9 fully saturated rings. The van der Waals surface area contributed by atoms with Gasteiger partial charge in [-0.1, -0.05) is 72.8 Å². The van der Waals surface area contributed by atoms with Crippen LogP contribution in [0.3, 0.4) is 0 Å². The first-order valence-corrected chi connectivity index (χ1v) is 20.9. The van der Waals surface area contributed by atoms with Crippen molar-refractivity contribution < 1.29 is 9.31 Å². The summed E-state index contributed by atoms with van der Waals surface area (Å²) in [6.45, 7) is 8.39. The zero-order chi connectivity index (χ0) is 35.7. The number of aromatic nitrogens is 3. The summed E-state index contributed by atoms with van der Waals surface area (Å²) in [7, 11) is -0.404. The molecular weight excluding hydrogens is 649 g/mol. The average Bonchev–Trinajstić information content (AvgIpc) is 3.36. The summed E-state index contributed by atoms with van der Waals surface area (Å²) in [5.74, 6) is 7.76. The van der Waals surface area contributed by atoms with Crippen molar-refractivity contribution in [1.82, 2.24) is 15.0 Å². The standard InChI is InChI=1S/C47H54BN3O2/c1-44(2)45(3,4)53-48(52-44)40-15-9-37(10-16-40)43-50-41(35-5-11-38(12-6-35)46-23-29-17-30(24-46)19-31(18-29)25-46)49-42(51-43)36-7-13-39(14-8-36)47-26-32-20-33(27-47)22-34(21-32)28-47/h5-16,29-34H,17-28H2,1-4H3/t29-,30+,31-,32-,33+,34-,46?,47?. The lowest BCUT2D eigenvalue weighted by Gasteiger charge is -2.57. The van der Waals surface area contributed by atoms with Crippen LogP contribution in [0.5, 0.6) is 0 Å². The van der Waals surface area contributed by atoms with Gasteiger partial charge in [-0.3, -0.25) is 0 Å². The molecule has 0 unspecified atom stereocenters. The van der Waals surface area contributed by atoms with Crippen molar-refractivity contribution in [3.05, 3.63) is 83.9 Å². The van der Waals surface area contributed by atoms with E-state index in [0.717, 1.165) is 69.3 Å². The third-order valence-corrected chi connectivity index (χ3v) is 15.9. The quantitative estimate of drug-likeness (QED) is 0.187. The zero-order valence-electron chi connectivity index (χ0n) is 32.1. The second-order valence-corrected chi connectivity index (χ2v) is 20.1. The van der Waals surface area contributed by atoms with Crippen LogP contribution in [0, 0.1) is 35.5 Å². The van der Waals surface area contributed by atoms with Gasteiger partial charge in [-0.15, -0.1) is 0 Å². The Bertz CT molecular complexity index is 1860. The van der Waals surface area contributed by atoms with Crippen LogP contribution in [-0.2, 0) is 20.1 Å². The number of nitrogens with zero attached hydrogens (tertiary/aromatic N) is 3. The van der Waals surface area contributed by atoms with Gasteiger partial charge in [-0.2, -0.15) is 0 Å². The summed E-state index contributed by atoms with van der Waals surface area (Å²) in [4.78, 5) is 15.5. The monoisotopic (exact) mass is 703 g/mol. The second kappa shape index (κ2) is 11.6. The molecule has 8 aliphatic carbocycles. The van der Waals surface area contributed by atoms with Crippen molar-refractivity contribution >= 4 is 12.6 Å². The first-order valence-electron chi connectivity index (χ1n) is 20.9. The Labute approximate surface area is 316 Å². The smallest absolute Gasteiger partial charge is 0.399 e. The molecule has 4 aromatic rings. The molecule has 0 spiro atoms. The Balaban J connectivity index is 0.936. The molecule has 3 aromatic carbocycles. The van der Waals surface area contributed by atoms with Crippen molar-refractivity contribution in [2.45, 2.75) is 127 Å². The number of hydrogen-bond donors (Lipinski definition) is 0. The summed E-state index contributed by atoms with van der Waals surface area (Å²) in [6.07, 6.45) is 17.1. The molecule has 13 rings (SSSR count). The van der Waals surface area contributed by atoms with Gasteiger partial charge in [-0.25, -0.2) is 15.0 Å². The van der Waals surface area contributed by atoms with Gasteiger partial charge in [0.05, 0.1) is 11.2 Å². The molecule has 1 aliphatic heterocycles. The van der Waals surface area contributed by atoms with Gasteiger partial charge < -0.3 is 9.31 Å². The van der Waals surface area contributed by atoms with E-state index in [0.29, 0.717) is 16.7 Å². The van der Waals surface area contributed by atoms with Gasteiger partial charge in [0, 0.05) is 16.7 Å². The minimum atomic E-state index is -0.404. The first kappa shape index (κ1) is 33.0. The fourth-order valence-electron chi connectivity index (χ4n) is 13.4. The van der Waals surface area contributed by atoms with Crippen LogP contribution in [0.1, 0.15) is 116 Å². The third kappa shape index (κ3) is 5.43. The normalized spacial score (nSPS) is 35.7. The Hall–Kier alpha value is -3.35. The van der Waals surface area contributed by atoms with Crippen molar-refractivity contribution in [2.75, 3.05) is 0 Å². The Morgan fingerprint density at radius 2 is 0.717 bits per heavy atom. The summed E-state index contributed by atoms with van der Waals surface area (Å²) in [5.41, 5.74) is 7.13. The van der Waals surface area contributed by atoms with Crippen LogP contribution in [0.4, 0.5) is 0 Å². The lowest BCUT2D eigenvalue weighted by molar-refractivity contribution is -0.00530. The predicted molar refractivity (Wildman–Crippen MR) is 212 cm³/mol. The van der Waals surface area contributed by atoms with Gasteiger partial charge in [0.15, 0.2) is 17.5 Å². The molecule has 8 saturated carbocycles. The van der Waals surface area contributed by atoms with Crippen LogP contribution in [-0.4, -0.2) is 33.3 Å². The molecule has 6 heteroatoms. The maximum absolute atomic E-state index is 6.36. The molecular formula is C47H54BN3O2. The van der Waals surface area contributed by atoms with Crippen LogP contribution in [0.15, 0.2) is 72.8 Å². The summed E-state index contributed by atoms with van der Waals surface area (Å²) < 4.78 is 12.7. The minimum absolute atomic E-state index is 0.375. The lowest BCUT2D eigenvalue weighted by Crippen LogP contribution is -2.48. The molecule has 272 valence electrons. The van der Waals surface area contributed by atoms with Crippen molar-refractivity contribution in [3.63, 3.8) is 0 Å². The van der Waals surface area contributed by atoms with Crippen LogP contribution >= 0.6 is 0 Å². The van der Waals surface area contributed by atoms with Crippen LogP contribution in [0.25, 0.3) is 34.2 Å². The fourth-order valence-corrected chi connectivity index (χ4v) is 13.4. The maximum Gasteiger partial charge on any atom is 0.494 e. The zero-order valence-corrected chi connectivity index (χ0v) is 32.1. The number of rotatable bonds is 6. The van der Waals surface area contributed by atoms with Crippen LogP contribution < -0.4 is 5.46 Å². The predicted octanol–water partition coefficient (Wildman–Crippen LogP) is 10.1. The largest absolute Gasteiger partial charge is 0.494 e. The summed E-state index contributed by atoms with van der Waals surface area (Å²) in [6, 6.07) is 27.2. The molecule has 5 nitrogen and oxygen atoms in total. The maximum atomic E-state index is 6.36. The van der Waals surface area contributed by atoms with E-state index < -0.39 is 7.12 Å². The SMILES string of the molecule is CC1(C)OB(c2ccc(-c3nc(-c4ccc(C56C[C@H]7C[C@@H](C5)C[C@@H](C6)C7)cc4)nc(-c4ccc(C56C[C@H]7C[C@@H](C5)C[C@@H](C6)C7)cc4)n3)cc2)OC1(C)C. The second-order valence-electron chi connectivity index (χ2n) is 20.1. The van der Waals surface area contributed by atoms with E-state index in [-0.39, 0.29) is 11.2 Å². The lowest BCUT2D eigenvalue weighted by atomic mass is 9.48. The van der Waals surface area contributed by atoms with E-state index in [4.69, 9.17) is 24.3 Å². The molecule has 0 amide bonds. The van der Waals surface area contributed by atoms with E-state index in [2.05, 4.69) is 100 Å². The average molecular weight is 704 g/mol. The summed E-state index contributed by atoms with van der Waals surface area (Å²) >= 11 is 0. The van der Waals surface area contributed by atoms with Gasteiger partial charge in [0.1, 0.15) is 0 Å². The van der Waals surface area contributed by atoms with Gasteiger partial charge in [-0.05, 0) is 168 Å². The molecule has 9 aliphatic rings. The molecule has 53 heavy (non-hydrogen) atoms. The Morgan fingerprint density at radius 3 is 1.02 bits per heavy atom. The molecule has 0 atom stereocenters. The summed E-state index contributed by atoms with van der Waals surface area (Å²) in [5, 5.41) is 0. The fraction of sp³-hybridized carbons (Fsp3) is 0.553. The van der Waals surface area contributed by atoms with Crippen LogP contribution in [0.2, 0.25) is 0 Å². The third-order valence-electron chi connectivity index (χ3n) is 15.9. The molecule has 1 aromatic heterocycles. The van der Waals surface area contributed by atoms with Crippen molar-refractivity contribution in [1.29, 1.82) is 0 Å². The topological polar surface area (TPSA) is 57.1 Å². The Morgan fingerprint density at radius 1 is 0.434 bits per heavy atom. The highest BCUT2D eigenvalue weighted by Gasteiger charge is 2.53. The highest BCUT2D eigenvalue weighted by atomic mass is 16.7. The molecule has 1 saturated heterocycles. The number of hydrogen-bond acceptors (Lipinski definition) is 5. The highest BCUT2D eigenvalue weighted by molar-refractivity contribution is 6.62. The van der Waals surface area contributed by atoms with E-state index >= 15 is 0 Å². The number of benzene rings is 3. The van der Waals surface area contributed by atoms with Gasteiger partial charge in [0.25, 0.3) is 0 Å². The highest BCUT2D eigenvalue weighted by Crippen LogP contribution is 2.62. The molecule has 0 radical (unpaired) electrons. The first-order chi connectivity index (χ1) is 25.5.